The standard InChI is InChI=1S/C21H24N2O4S/c1-2-28(25,26)23-14-17-9-4-3-7-15(17)12-19(23)21(24)22-13-18-11-16-8-5-6-10-20(16)27-18/h3-10,18-19H,2,11-14H2,1H3,(H,22,24)/t18-,19-/m1/s1. The number of para-hydroxylation sites is 1. The molecule has 4 rings (SSSR count). The molecule has 0 aliphatic carbocycles. The molecule has 148 valence electrons. The van der Waals surface area contributed by atoms with Crippen molar-refractivity contribution in [3.05, 3.63) is 65.2 Å². The zero-order chi connectivity index (χ0) is 19.7. The number of amides is 1. The molecular weight excluding hydrogens is 376 g/mol. The van der Waals surface area contributed by atoms with Gasteiger partial charge >= 0.3 is 0 Å². The maximum Gasteiger partial charge on any atom is 0.238 e. The van der Waals surface area contributed by atoms with E-state index in [-0.39, 0.29) is 24.3 Å². The fourth-order valence-electron chi connectivity index (χ4n) is 3.88. The maximum absolute atomic E-state index is 12.9. The number of carbonyl (C=O) groups excluding carboxylic acids is 1. The second kappa shape index (κ2) is 7.56. The molecule has 1 amide bonds. The molecule has 0 radical (unpaired) electrons. The van der Waals surface area contributed by atoms with Crippen LogP contribution in [0.1, 0.15) is 23.6 Å². The third kappa shape index (κ3) is 3.64. The molecule has 2 atom stereocenters. The summed E-state index contributed by atoms with van der Waals surface area (Å²) in [5.41, 5.74) is 3.11. The lowest BCUT2D eigenvalue weighted by molar-refractivity contribution is -0.125. The third-order valence-corrected chi connectivity index (χ3v) is 7.28. The highest BCUT2D eigenvalue weighted by Gasteiger charge is 2.38. The van der Waals surface area contributed by atoms with Gasteiger partial charge in [-0.1, -0.05) is 42.5 Å². The zero-order valence-corrected chi connectivity index (χ0v) is 16.6. The molecule has 0 fully saturated rings. The van der Waals surface area contributed by atoms with Gasteiger partial charge in [0, 0.05) is 13.0 Å². The molecule has 2 heterocycles. The van der Waals surface area contributed by atoms with Crippen molar-refractivity contribution in [2.75, 3.05) is 12.3 Å². The van der Waals surface area contributed by atoms with Crippen molar-refractivity contribution in [2.45, 2.75) is 38.5 Å². The first-order valence-electron chi connectivity index (χ1n) is 9.56. The van der Waals surface area contributed by atoms with Gasteiger partial charge in [0.15, 0.2) is 0 Å². The van der Waals surface area contributed by atoms with Crippen LogP contribution in [0.15, 0.2) is 48.5 Å². The first kappa shape index (κ1) is 19.0. The normalized spacial score (nSPS) is 21.5. The molecule has 0 saturated carbocycles. The van der Waals surface area contributed by atoms with Crippen LogP contribution in [-0.2, 0) is 34.2 Å². The van der Waals surface area contributed by atoms with Crippen LogP contribution >= 0.6 is 0 Å². The van der Waals surface area contributed by atoms with E-state index >= 15 is 0 Å². The van der Waals surface area contributed by atoms with E-state index in [1.54, 1.807) is 6.92 Å². The Morgan fingerprint density at radius 1 is 1.07 bits per heavy atom. The van der Waals surface area contributed by atoms with Gasteiger partial charge in [0.25, 0.3) is 0 Å². The summed E-state index contributed by atoms with van der Waals surface area (Å²) < 4.78 is 32.4. The molecule has 2 aliphatic rings. The Labute approximate surface area is 165 Å². The van der Waals surface area contributed by atoms with E-state index in [0.29, 0.717) is 13.0 Å². The molecule has 0 saturated heterocycles. The van der Waals surface area contributed by atoms with Gasteiger partial charge in [0.1, 0.15) is 17.9 Å². The predicted octanol–water partition coefficient (Wildman–Crippen LogP) is 1.88. The monoisotopic (exact) mass is 400 g/mol. The summed E-state index contributed by atoms with van der Waals surface area (Å²) in [6.45, 7) is 2.19. The minimum absolute atomic E-state index is 0.0278. The second-order valence-corrected chi connectivity index (χ2v) is 9.44. The van der Waals surface area contributed by atoms with E-state index in [2.05, 4.69) is 5.32 Å². The van der Waals surface area contributed by atoms with E-state index in [1.807, 2.05) is 48.5 Å². The highest BCUT2D eigenvalue weighted by molar-refractivity contribution is 7.89. The molecule has 7 heteroatoms. The Balaban J connectivity index is 1.47. The highest BCUT2D eigenvalue weighted by Crippen LogP contribution is 2.28. The fourth-order valence-corrected chi connectivity index (χ4v) is 5.11. The van der Waals surface area contributed by atoms with Crippen LogP contribution in [0.2, 0.25) is 0 Å². The zero-order valence-electron chi connectivity index (χ0n) is 15.8. The maximum atomic E-state index is 12.9. The van der Waals surface area contributed by atoms with E-state index in [0.717, 1.165) is 28.9 Å². The molecule has 0 spiro atoms. The summed E-state index contributed by atoms with van der Waals surface area (Å²) in [4.78, 5) is 12.9. The molecule has 0 bridgehead atoms. The van der Waals surface area contributed by atoms with Crippen LogP contribution in [0.25, 0.3) is 0 Å². The summed E-state index contributed by atoms with van der Waals surface area (Å²) in [6, 6.07) is 14.8. The molecule has 2 aromatic rings. The number of rotatable bonds is 5. The number of sulfonamides is 1. The molecule has 2 aliphatic heterocycles. The Morgan fingerprint density at radius 3 is 2.46 bits per heavy atom. The minimum Gasteiger partial charge on any atom is -0.488 e. The Morgan fingerprint density at radius 2 is 1.75 bits per heavy atom. The summed E-state index contributed by atoms with van der Waals surface area (Å²) in [6.07, 6.45) is 0.988. The Hall–Kier alpha value is -2.38. The molecule has 1 N–H and O–H groups in total. The van der Waals surface area contributed by atoms with Crippen molar-refractivity contribution in [3.63, 3.8) is 0 Å². The second-order valence-electron chi connectivity index (χ2n) is 7.23. The van der Waals surface area contributed by atoms with Crippen molar-refractivity contribution in [3.8, 4) is 5.75 Å². The number of carbonyl (C=O) groups is 1. The van der Waals surface area contributed by atoms with Crippen molar-refractivity contribution in [1.82, 2.24) is 9.62 Å². The quantitative estimate of drug-likeness (QED) is 0.832. The summed E-state index contributed by atoms with van der Waals surface area (Å²) in [5.74, 6) is 0.551. The van der Waals surface area contributed by atoms with Crippen LogP contribution in [0, 0.1) is 0 Å². The molecule has 0 aromatic heterocycles. The van der Waals surface area contributed by atoms with Gasteiger partial charge in [-0.15, -0.1) is 0 Å². The van der Waals surface area contributed by atoms with Gasteiger partial charge in [-0.2, -0.15) is 4.31 Å². The number of fused-ring (bicyclic) bond motifs is 2. The van der Waals surface area contributed by atoms with Crippen LogP contribution in [0.4, 0.5) is 0 Å². The van der Waals surface area contributed by atoms with E-state index in [1.165, 1.54) is 4.31 Å². The van der Waals surface area contributed by atoms with Crippen LogP contribution in [0.3, 0.4) is 0 Å². The third-order valence-electron chi connectivity index (χ3n) is 5.45. The highest BCUT2D eigenvalue weighted by atomic mass is 32.2. The van der Waals surface area contributed by atoms with E-state index < -0.39 is 16.1 Å². The van der Waals surface area contributed by atoms with Crippen molar-refractivity contribution < 1.29 is 17.9 Å². The van der Waals surface area contributed by atoms with E-state index in [4.69, 9.17) is 4.74 Å². The van der Waals surface area contributed by atoms with Gasteiger partial charge in [-0.25, -0.2) is 8.42 Å². The topological polar surface area (TPSA) is 75.7 Å². The van der Waals surface area contributed by atoms with Gasteiger partial charge in [-0.3, -0.25) is 4.79 Å². The number of ether oxygens (including phenoxy) is 1. The molecule has 2 aromatic carbocycles. The van der Waals surface area contributed by atoms with Gasteiger partial charge in [0.2, 0.25) is 15.9 Å². The number of nitrogens with zero attached hydrogens (tertiary/aromatic N) is 1. The van der Waals surface area contributed by atoms with Crippen molar-refractivity contribution >= 4 is 15.9 Å². The lowest BCUT2D eigenvalue weighted by Gasteiger charge is -2.35. The van der Waals surface area contributed by atoms with Crippen LogP contribution in [-0.4, -0.2) is 43.1 Å². The summed E-state index contributed by atoms with van der Waals surface area (Å²) in [7, 11) is -3.50. The Kier molecular flexibility index (Phi) is 5.12. The SMILES string of the molecule is CCS(=O)(=O)N1Cc2ccccc2C[C@@H]1C(=O)NC[C@H]1Cc2ccccc2O1. The molecule has 28 heavy (non-hydrogen) atoms. The van der Waals surface area contributed by atoms with E-state index in [9.17, 15) is 13.2 Å². The number of hydrogen-bond acceptors (Lipinski definition) is 4. The molecule has 6 nitrogen and oxygen atoms in total. The average molecular weight is 401 g/mol. The Bertz CT molecular complexity index is 964. The lowest BCUT2D eigenvalue weighted by Crippen LogP contribution is -2.53. The van der Waals surface area contributed by atoms with Crippen molar-refractivity contribution in [1.29, 1.82) is 0 Å². The van der Waals surface area contributed by atoms with Gasteiger partial charge in [-0.05, 0) is 36.1 Å². The number of nitrogens with one attached hydrogen (secondary N) is 1. The summed E-state index contributed by atoms with van der Waals surface area (Å²) >= 11 is 0. The largest absolute Gasteiger partial charge is 0.488 e. The predicted molar refractivity (Wildman–Crippen MR) is 107 cm³/mol. The molecular formula is C21H24N2O4S. The lowest BCUT2D eigenvalue weighted by atomic mass is 9.95. The smallest absolute Gasteiger partial charge is 0.238 e. The first-order valence-corrected chi connectivity index (χ1v) is 11.2. The van der Waals surface area contributed by atoms with Gasteiger partial charge in [0.05, 0.1) is 12.3 Å². The summed E-state index contributed by atoms with van der Waals surface area (Å²) in [5, 5.41) is 2.92. The fraction of sp³-hybridized carbons (Fsp3) is 0.381. The van der Waals surface area contributed by atoms with Crippen LogP contribution in [0.5, 0.6) is 5.75 Å². The van der Waals surface area contributed by atoms with Crippen LogP contribution < -0.4 is 10.1 Å². The molecule has 0 unspecified atom stereocenters. The number of hydrogen-bond donors (Lipinski definition) is 1. The van der Waals surface area contributed by atoms with Gasteiger partial charge < -0.3 is 10.1 Å². The first-order chi connectivity index (χ1) is 13.5. The number of benzene rings is 2. The van der Waals surface area contributed by atoms with Crippen molar-refractivity contribution in [2.24, 2.45) is 0 Å². The average Bonchev–Trinajstić information content (AvgIpc) is 3.14. The minimum atomic E-state index is -3.50.